The number of aliphatic hydroxyl groups excluding tert-OH is 2. The van der Waals surface area contributed by atoms with E-state index in [1.807, 2.05) is 0 Å². The van der Waals surface area contributed by atoms with Crippen molar-refractivity contribution in [1.29, 1.82) is 0 Å². The Morgan fingerprint density at radius 1 is 0.700 bits per heavy atom. The van der Waals surface area contributed by atoms with E-state index in [0.29, 0.717) is 32.2 Å². The first-order chi connectivity index (χ1) is 14.4. The number of hydrogen-bond donors (Lipinski definition) is 3. The third-order valence-corrected chi connectivity index (χ3v) is 5.20. The summed E-state index contributed by atoms with van der Waals surface area (Å²) in [7, 11) is 0. The molecule has 2 atom stereocenters. The Kier molecular flexibility index (Phi) is 20.2. The van der Waals surface area contributed by atoms with E-state index in [1.54, 1.807) is 13.8 Å². The lowest BCUT2D eigenvalue weighted by molar-refractivity contribution is -0.121. The molecule has 0 aromatic heterocycles. The molecule has 0 saturated heterocycles. The Balaban J connectivity index is 3.27. The SMILES string of the molecule is CC(O)CCC(=O)CCCCCCC/C=C/CCCCCCCC(=O)NCC(C)O. The Bertz CT molecular complexity index is 406. The predicted molar refractivity (Wildman–Crippen MR) is 124 cm³/mol. The average molecular weight is 426 g/mol. The van der Waals surface area contributed by atoms with Crippen LogP contribution in [0.2, 0.25) is 0 Å². The van der Waals surface area contributed by atoms with Gasteiger partial charge < -0.3 is 15.5 Å². The largest absolute Gasteiger partial charge is 0.393 e. The monoisotopic (exact) mass is 425 g/mol. The molecule has 0 aliphatic heterocycles. The van der Waals surface area contributed by atoms with E-state index in [2.05, 4.69) is 17.5 Å². The Morgan fingerprint density at radius 3 is 1.73 bits per heavy atom. The quantitative estimate of drug-likeness (QED) is 0.174. The molecule has 5 heteroatoms. The van der Waals surface area contributed by atoms with Gasteiger partial charge in [0.15, 0.2) is 0 Å². The lowest BCUT2D eigenvalue weighted by atomic mass is 10.0. The lowest BCUT2D eigenvalue weighted by Crippen LogP contribution is -2.30. The van der Waals surface area contributed by atoms with Gasteiger partial charge in [-0.05, 0) is 58.8 Å². The van der Waals surface area contributed by atoms with E-state index in [1.165, 1.54) is 38.5 Å². The van der Waals surface area contributed by atoms with Gasteiger partial charge in [-0.15, -0.1) is 0 Å². The maximum Gasteiger partial charge on any atom is 0.220 e. The van der Waals surface area contributed by atoms with Gasteiger partial charge in [-0.25, -0.2) is 0 Å². The van der Waals surface area contributed by atoms with Crippen LogP contribution < -0.4 is 5.32 Å². The summed E-state index contributed by atoms with van der Waals surface area (Å²) < 4.78 is 0. The molecule has 0 spiro atoms. The summed E-state index contributed by atoms with van der Waals surface area (Å²) in [5.74, 6) is 0.331. The van der Waals surface area contributed by atoms with Crippen molar-refractivity contribution in [3.05, 3.63) is 12.2 Å². The topological polar surface area (TPSA) is 86.6 Å². The van der Waals surface area contributed by atoms with Crippen LogP contribution in [0.4, 0.5) is 0 Å². The number of unbranched alkanes of at least 4 members (excludes halogenated alkanes) is 10. The highest BCUT2D eigenvalue weighted by molar-refractivity contribution is 5.78. The fourth-order valence-corrected chi connectivity index (χ4v) is 3.27. The number of amides is 1. The fraction of sp³-hybridized carbons (Fsp3) is 0.840. The summed E-state index contributed by atoms with van der Waals surface area (Å²) in [6, 6.07) is 0. The van der Waals surface area contributed by atoms with E-state index in [4.69, 9.17) is 5.11 Å². The predicted octanol–water partition coefficient (Wildman–Crippen LogP) is 5.23. The molecule has 176 valence electrons. The highest BCUT2D eigenvalue weighted by Gasteiger charge is 2.04. The van der Waals surface area contributed by atoms with Crippen molar-refractivity contribution >= 4 is 11.7 Å². The number of Topliss-reactive ketones (excluding diaryl/α,β-unsaturated/α-hetero) is 1. The van der Waals surface area contributed by atoms with Gasteiger partial charge in [0.1, 0.15) is 5.78 Å². The number of nitrogens with one attached hydrogen (secondary N) is 1. The van der Waals surface area contributed by atoms with Crippen molar-refractivity contribution in [1.82, 2.24) is 5.32 Å². The van der Waals surface area contributed by atoms with Gasteiger partial charge in [-0.1, -0.05) is 50.7 Å². The zero-order chi connectivity index (χ0) is 22.5. The molecular formula is C25H47NO4. The first-order valence-electron chi connectivity index (χ1n) is 12.2. The summed E-state index contributed by atoms with van der Waals surface area (Å²) in [6.45, 7) is 3.75. The van der Waals surface area contributed by atoms with Crippen LogP contribution in [0.1, 0.15) is 117 Å². The summed E-state index contributed by atoms with van der Waals surface area (Å²) in [5.41, 5.74) is 0. The van der Waals surface area contributed by atoms with Crippen LogP contribution in [0, 0.1) is 0 Å². The number of allylic oxidation sites excluding steroid dienone is 2. The van der Waals surface area contributed by atoms with E-state index in [-0.39, 0.29) is 17.8 Å². The minimum Gasteiger partial charge on any atom is -0.393 e. The normalized spacial score (nSPS) is 13.5. The zero-order valence-electron chi connectivity index (χ0n) is 19.5. The minimum atomic E-state index is -0.476. The van der Waals surface area contributed by atoms with Crippen LogP contribution in [0.3, 0.4) is 0 Å². The van der Waals surface area contributed by atoms with E-state index < -0.39 is 6.10 Å². The second-order valence-corrected chi connectivity index (χ2v) is 8.66. The number of hydrogen-bond acceptors (Lipinski definition) is 4. The van der Waals surface area contributed by atoms with Crippen LogP contribution in [-0.2, 0) is 9.59 Å². The molecule has 2 unspecified atom stereocenters. The van der Waals surface area contributed by atoms with Gasteiger partial charge in [-0.3, -0.25) is 9.59 Å². The number of carbonyl (C=O) groups excluding carboxylic acids is 2. The highest BCUT2D eigenvalue weighted by Crippen LogP contribution is 2.11. The van der Waals surface area contributed by atoms with Gasteiger partial charge >= 0.3 is 0 Å². The average Bonchev–Trinajstić information content (AvgIpc) is 2.70. The molecule has 0 fully saturated rings. The first kappa shape index (κ1) is 28.8. The van der Waals surface area contributed by atoms with Gasteiger partial charge in [0.05, 0.1) is 12.2 Å². The highest BCUT2D eigenvalue weighted by atomic mass is 16.3. The van der Waals surface area contributed by atoms with E-state index >= 15 is 0 Å². The maximum absolute atomic E-state index is 11.6. The molecule has 0 aliphatic carbocycles. The lowest BCUT2D eigenvalue weighted by Gasteiger charge is -2.06. The molecular weight excluding hydrogens is 378 g/mol. The standard InChI is InChI=1S/C25H47NO4/c1-22(27)19-20-24(29)17-15-13-11-9-7-5-3-4-6-8-10-12-14-16-18-25(30)26-21-23(2)28/h3-4,22-23,27-28H,5-21H2,1-2H3,(H,26,30)/b4-3+. The van der Waals surface area contributed by atoms with Gasteiger partial charge in [-0.2, -0.15) is 0 Å². The molecule has 0 radical (unpaired) electrons. The number of carbonyl (C=O) groups is 2. The molecule has 0 heterocycles. The van der Waals surface area contributed by atoms with Crippen molar-refractivity contribution in [3.8, 4) is 0 Å². The molecule has 1 amide bonds. The van der Waals surface area contributed by atoms with Crippen molar-refractivity contribution in [2.75, 3.05) is 6.54 Å². The van der Waals surface area contributed by atoms with Crippen molar-refractivity contribution in [2.45, 2.75) is 129 Å². The van der Waals surface area contributed by atoms with Crippen molar-refractivity contribution < 1.29 is 19.8 Å². The van der Waals surface area contributed by atoms with Gasteiger partial charge in [0.2, 0.25) is 5.91 Å². The summed E-state index contributed by atoms with van der Waals surface area (Å²) in [6.07, 6.45) is 19.8. The Morgan fingerprint density at radius 2 is 1.20 bits per heavy atom. The maximum atomic E-state index is 11.6. The number of ketones is 1. The molecule has 0 aromatic rings. The third kappa shape index (κ3) is 23.1. The number of rotatable bonds is 21. The summed E-state index contributed by atoms with van der Waals surface area (Å²) >= 11 is 0. The molecule has 3 N–H and O–H groups in total. The third-order valence-electron chi connectivity index (χ3n) is 5.20. The van der Waals surface area contributed by atoms with Crippen LogP contribution in [-0.4, -0.2) is 40.7 Å². The smallest absolute Gasteiger partial charge is 0.220 e. The van der Waals surface area contributed by atoms with E-state index in [9.17, 15) is 14.7 Å². The molecule has 0 aliphatic rings. The van der Waals surface area contributed by atoms with Crippen LogP contribution in [0.25, 0.3) is 0 Å². The molecule has 0 rings (SSSR count). The summed E-state index contributed by atoms with van der Waals surface area (Å²) in [4.78, 5) is 23.1. The van der Waals surface area contributed by atoms with Crippen LogP contribution in [0.5, 0.6) is 0 Å². The Hall–Kier alpha value is -1.20. The molecule has 0 aromatic carbocycles. The van der Waals surface area contributed by atoms with Crippen molar-refractivity contribution in [3.63, 3.8) is 0 Å². The Labute approximate surface area is 184 Å². The fourth-order valence-electron chi connectivity index (χ4n) is 3.27. The minimum absolute atomic E-state index is 0.0417. The van der Waals surface area contributed by atoms with Crippen molar-refractivity contribution in [2.24, 2.45) is 0 Å². The second kappa shape index (κ2) is 21.0. The van der Waals surface area contributed by atoms with Gasteiger partial charge in [0, 0.05) is 25.8 Å². The molecule has 5 nitrogen and oxygen atoms in total. The molecule has 0 bridgehead atoms. The number of aliphatic hydroxyl groups is 2. The van der Waals surface area contributed by atoms with Gasteiger partial charge in [0.25, 0.3) is 0 Å². The first-order valence-corrected chi connectivity index (χ1v) is 12.2. The van der Waals surface area contributed by atoms with E-state index in [0.717, 1.165) is 38.5 Å². The zero-order valence-corrected chi connectivity index (χ0v) is 19.5. The van der Waals surface area contributed by atoms with Crippen LogP contribution in [0.15, 0.2) is 12.2 Å². The molecule has 0 saturated carbocycles. The summed E-state index contributed by atoms with van der Waals surface area (Å²) in [5, 5.41) is 21.0. The molecule has 30 heavy (non-hydrogen) atoms. The van der Waals surface area contributed by atoms with Crippen LogP contribution >= 0.6 is 0 Å². The second-order valence-electron chi connectivity index (χ2n) is 8.66.